The average Bonchev–Trinajstić information content (AvgIpc) is 2.42. The summed E-state index contributed by atoms with van der Waals surface area (Å²) >= 11 is 8.94. The van der Waals surface area contributed by atoms with E-state index in [0.29, 0.717) is 4.47 Å². The third kappa shape index (κ3) is 3.56. The highest BCUT2D eigenvalue weighted by Crippen LogP contribution is 2.24. The predicted molar refractivity (Wildman–Crippen MR) is 80.2 cm³/mol. The standard InChI is InChI=1S/C13H7BrClFN2O3/c14-7-1-4-12(11(16)5-7)17-13(19)9-6-8(18(20)21)2-3-10(9)15/h1-6H,(H,17,19). The Balaban J connectivity index is 2.32. The zero-order valence-corrected chi connectivity index (χ0v) is 12.6. The SMILES string of the molecule is O=C(Nc1ccc(Br)cc1F)c1cc([N+](=O)[O-])ccc1Cl. The molecule has 0 unspecified atom stereocenters. The molecule has 0 bridgehead atoms. The van der Waals surface area contributed by atoms with E-state index in [0.717, 1.165) is 6.07 Å². The Bertz CT molecular complexity index is 739. The molecule has 0 aromatic heterocycles. The number of nitro benzene ring substituents is 1. The summed E-state index contributed by atoms with van der Waals surface area (Å²) in [6, 6.07) is 7.56. The van der Waals surface area contributed by atoms with Crippen LogP contribution in [-0.4, -0.2) is 10.8 Å². The quantitative estimate of drug-likeness (QED) is 0.640. The highest BCUT2D eigenvalue weighted by molar-refractivity contribution is 9.10. The molecule has 108 valence electrons. The molecule has 8 heteroatoms. The third-order valence-electron chi connectivity index (χ3n) is 2.58. The summed E-state index contributed by atoms with van der Waals surface area (Å²) in [4.78, 5) is 22.1. The van der Waals surface area contributed by atoms with Crippen LogP contribution in [0.3, 0.4) is 0 Å². The van der Waals surface area contributed by atoms with Crippen LogP contribution in [0.15, 0.2) is 40.9 Å². The fourth-order valence-corrected chi connectivity index (χ4v) is 2.12. The van der Waals surface area contributed by atoms with E-state index < -0.39 is 16.6 Å². The van der Waals surface area contributed by atoms with E-state index in [1.165, 1.54) is 24.3 Å². The molecule has 0 heterocycles. The molecule has 5 nitrogen and oxygen atoms in total. The molecule has 0 aliphatic rings. The van der Waals surface area contributed by atoms with Crippen LogP contribution in [0.5, 0.6) is 0 Å². The normalized spacial score (nSPS) is 10.2. The monoisotopic (exact) mass is 372 g/mol. The summed E-state index contributed by atoms with van der Waals surface area (Å²) in [5, 5.41) is 13.1. The van der Waals surface area contributed by atoms with Crippen LogP contribution >= 0.6 is 27.5 Å². The summed E-state index contributed by atoms with van der Waals surface area (Å²) in [7, 11) is 0. The predicted octanol–water partition coefficient (Wildman–Crippen LogP) is 4.40. The van der Waals surface area contributed by atoms with Crippen molar-refractivity contribution in [2.45, 2.75) is 0 Å². The minimum Gasteiger partial charge on any atom is -0.319 e. The van der Waals surface area contributed by atoms with Crippen LogP contribution in [0.2, 0.25) is 5.02 Å². The number of amides is 1. The van der Waals surface area contributed by atoms with Crippen LogP contribution in [0.4, 0.5) is 15.8 Å². The lowest BCUT2D eigenvalue weighted by molar-refractivity contribution is -0.384. The molecule has 0 fully saturated rings. The van der Waals surface area contributed by atoms with Crippen molar-refractivity contribution in [3.63, 3.8) is 0 Å². The second-order valence-electron chi connectivity index (χ2n) is 4.00. The molecule has 0 atom stereocenters. The van der Waals surface area contributed by atoms with Gasteiger partial charge in [0.2, 0.25) is 0 Å². The van der Waals surface area contributed by atoms with Crippen molar-refractivity contribution in [3.05, 3.63) is 67.4 Å². The first-order valence-corrected chi connectivity index (χ1v) is 6.76. The maximum atomic E-state index is 13.6. The molecule has 0 spiro atoms. The topological polar surface area (TPSA) is 72.2 Å². The summed E-state index contributed by atoms with van der Waals surface area (Å²) in [5.74, 6) is -1.37. The number of anilines is 1. The van der Waals surface area contributed by atoms with Gasteiger partial charge in [0, 0.05) is 16.6 Å². The van der Waals surface area contributed by atoms with Crippen LogP contribution < -0.4 is 5.32 Å². The fraction of sp³-hybridized carbons (Fsp3) is 0. The van der Waals surface area contributed by atoms with Crippen molar-refractivity contribution in [3.8, 4) is 0 Å². The molecular weight excluding hydrogens is 367 g/mol. The zero-order valence-electron chi connectivity index (χ0n) is 10.3. The molecule has 2 rings (SSSR count). The molecule has 0 saturated heterocycles. The van der Waals surface area contributed by atoms with Crippen LogP contribution in [-0.2, 0) is 0 Å². The van der Waals surface area contributed by atoms with Crippen molar-refractivity contribution in [2.75, 3.05) is 5.32 Å². The van der Waals surface area contributed by atoms with E-state index in [4.69, 9.17) is 11.6 Å². The lowest BCUT2D eigenvalue weighted by atomic mass is 10.2. The molecule has 1 amide bonds. The first-order chi connectivity index (χ1) is 9.88. The van der Waals surface area contributed by atoms with Crippen LogP contribution in [0, 0.1) is 15.9 Å². The second kappa shape index (κ2) is 6.19. The Labute approximate surface area is 132 Å². The highest BCUT2D eigenvalue weighted by Gasteiger charge is 2.17. The molecule has 0 radical (unpaired) electrons. The van der Waals surface area contributed by atoms with Gasteiger partial charge in [-0.25, -0.2) is 4.39 Å². The number of hydrogen-bond donors (Lipinski definition) is 1. The Morgan fingerprint density at radius 1 is 1.29 bits per heavy atom. The van der Waals surface area contributed by atoms with Crippen LogP contribution in [0.1, 0.15) is 10.4 Å². The zero-order chi connectivity index (χ0) is 15.6. The molecule has 2 aromatic rings. The van der Waals surface area contributed by atoms with E-state index in [1.54, 1.807) is 6.07 Å². The first kappa shape index (κ1) is 15.4. The number of hydrogen-bond acceptors (Lipinski definition) is 3. The van der Waals surface area contributed by atoms with E-state index in [9.17, 15) is 19.3 Å². The fourth-order valence-electron chi connectivity index (χ4n) is 1.58. The maximum Gasteiger partial charge on any atom is 0.270 e. The Hall–Kier alpha value is -1.99. The van der Waals surface area contributed by atoms with Gasteiger partial charge in [0.25, 0.3) is 11.6 Å². The Kier molecular flexibility index (Phi) is 4.54. The summed E-state index contributed by atoms with van der Waals surface area (Å²) in [6.07, 6.45) is 0. The number of carbonyl (C=O) groups excluding carboxylic acids is 1. The number of benzene rings is 2. The van der Waals surface area contributed by atoms with Gasteiger partial charge in [0.05, 0.1) is 21.2 Å². The number of nitro groups is 1. The van der Waals surface area contributed by atoms with Gasteiger partial charge in [0.1, 0.15) is 5.82 Å². The number of nitrogens with zero attached hydrogens (tertiary/aromatic N) is 1. The number of nitrogens with one attached hydrogen (secondary N) is 1. The maximum absolute atomic E-state index is 13.6. The summed E-state index contributed by atoms with van der Waals surface area (Å²) in [6.45, 7) is 0. The average molecular weight is 374 g/mol. The van der Waals surface area contributed by atoms with Gasteiger partial charge in [-0.3, -0.25) is 14.9 Å². The van der Waals surface area contributed by atoms with Gasteiger partial charge < -0.3 is 5.32 Å². The largest absolute Gasteiger partial charge is 0.319 e. The molecule has 0 aliphatic carbocycles. The highest BCUT2D eigenvalue weighted by atomic mass is 79.9. The lowest BCUT2D eigenvalue weighted by Gasteiger charge is -2.08. The number of rotatable bonds is 3. The van der Waals surface area contributed by atoms with Crippen LogP contribution in [0.25, 0.3) is 0 Å². The van der Waals surface area contributed by atoms with Gasteiger partial charge in [-0.1, -0.05) is 27.5 Å². The molecule has 2 aromatic carbocycles. The van der Waals surface area contributed by atoms with Crippen molar-refractivity contribution in [2.24, 2.45) is 0 Å². The van der Waals surface area contributed by atoms with Gasteiger partial charge >= 0.3 is 0 Å². The van der Waals surface area contributed by atoms with E-state index in [2.05, 4.69) is 21.2 Å². The van der Waals surface area contributed by atoms with Gasteiger partial charge in [-0.2, -0.15) is 0 Å². The molecule has 0 saturated carbocycles. The minimum atomic E-state index is -0.732. The van der Waals surface area contributed by atoms with E-state index in [-0.39, 0.29) is 22.0 Å². The molecule has 0 aliphatic heterocycles. The second-order valence-corrected chi connectivity index (χ2v) is 5.32. The summed E-state index contributed by atoms with van der Waals surface area (Å²) in [5.41, 5.74) is -0.431. The summed E-state index contributed by atoms with van der Waals surface area (Å²) < 4.78 is 14.2. The van der Waals surface area contributed by atoms with Crippen molar-refractivity contribution < 1.29 is 14.1 Å². The van der Waals surface area contributed by atoms with Crippen molar-refractivity contribution in [1.29, 1.82) is 0 Å². The minimum absolute atomic E-state index is 0.0376. The smallest absolute Gasteiger partial charge is 0.270 e. The number of non-ortho nitro benzene ring substituents is 1. The molecule has 21 heavy (non-hydrogen) atoms. The van der Waals surface area contributed by atoms with Crippen molar-refractivity contribution >= 4 is 44.8 Å². The number of halogens is 3. The first-order valence-electron chi connectivity index (χ1n) is 5.59. The Morgan fingerprint density at radius 3 is 2.62 bits per heavy atom. The van der Waals surface area contributed by atoms with Gasteiger partial charge in [-0.05, 0) is 24.3 Å². The number of carbonyl (C=O) groups is 1. The molecule has 1 N–H and O–H groups in total. The lowest BCUT2D eigenvalue weighted by Crippen LogP contribution is -2.13. The van der Waals surface area contributed by atoms with E-state index >= 15 is 0 Å². The van der Waals surface area contributed by atoms with E-state index in [1.807, 2.05) is 0 Å². The van der Waals surface area contributed by atoms with Crippen molar-refractivity contribution in [1.82, 2.24) is 0 Å². The van der Waals surface area contributed by atoms with Gasteiger partial charge in [0.15, 0.2) is 0 Å². The molecular formula is C13H7BrClFN2O3. The Morgan fingerprint density at radius 2 is 2.00 bits per heavy atom. The third-order valence-corrected chi connectivity index (χ3v) is 3.41. The van der Waals surface area contributed by atoms with Gasteiger partial charge in [-0.15, -0.1) is 0 Å².